The van der Waals surface area contributed by atoms with Gasteiger partial charge in [0.05, 0.1) is 7.80 Å². The highest BCUT2D eigenvalue weighted by atomic mass is 31.1. The van der Waals surface area contributed by atoms with Gasteiger partial charge in [0.2, 0.25) is 0 Å². The van der Waals surface area contributed by atoms with Crippen molar-refractivity contribution in [3.8, 4) is 0 Å². The molecular formula is C8H18OP. The summed E-state index contributed by atoms with van der Waals surface area (Å²) in [5.41, 5.74) is 0. The highest BCUT2D eigenvalue weighted by Crippen LogP contribution is 2.16. The van der Waals surface area contributed by atoms with Crippen molar-refractivity contribution in [1.29, 1.82) is 0 Å². The molecule has 0 spiro atoms. The molecule has 0 bridgehead atoms. The van der Waals surface area contributed by atoms with Crippen LogP contribution in [0.15, 0.2) is 0 Å². The summed E-state index contributed by atoms with van der Waals surface area (Å²) in [6.07, 6.45) is 7.30. The second-order valence-electron chi connectivity index (χ2n) is 2.77. The van der Waals surface area contributed by atoms with Crippen molar-refractivity contribution in [1.82, 2.24) is 0 Å². The van der Waals surface area contributed by atoms with Gasteiger partial charge in [-0.2, -0.15) is 0 Å². The van der Waals surface area contributed by atoms with Gasteiger partial charge in [0.15, 0.2) is 0 Å². The molecule has 1 unspecified atom stereocenters. The zero-order valence-electron chi connectivity index (χ0n) is 7.10. The summed E-state index contributed by atoms with van der Waals surface area (Å²) in [6.45, 7) is 4.02. The Morgan fingerprint density at radius 3 is 2.20 bits per heavy atom. The summed E-state index contributed by atoms with van der Waals surface area (Å²) in [5.74, 6) is 0. The Bertz CT molecular complexity index is 91.3. The molecule has 0 N–H and O–H groups in total. The minimum Gasteiger partial charge on any atom is -0.287 e. The summed E-state index contributed by atoms with van der Waals surface area (Å²) in [6, 6.07) is 0. The van der Waals surface area contributed by atoms with Crippen LogP contribution in [0, 0.1) is 0 Å². The van der Waals surface area contributed by atoms with Crippen molar-refractivity contribution >= 4 is 7.80 Å². The van der Waals surface area contributed by atoms with E-state index in [0.29, 0.717) is 0 Å². The maximum atomic E-state index is 10.6. The van der Waals surface area contributed by atoms with Crippen LogP contribution in [0.3, 0.4) is 0 Å². The van der Waals surface area contributed by atoms with Crippen LogP contribution in [0.2, 0.25) is 0 Å². The van der Waals surface area contributed by atoms with Gasteiger partial charge in [0.25, 0.3) is 0 Å². The minimum atomic E-state index is -0.871. The van der Waals surface area contributed by atoms with Crippen molar-refractivity contribution < 1.29 is 4.57 Å². The second-order valence-corrected chi connectivity index (χ2v) is 4.47. The molecular weight excluding hydrogens is 143 g/mol. The lowest BCUT2D eigenvalue weighted by atomic mass is 10.2. The Hall–Kier alpha value is 0.100. The van der Waals surface area contributed by atoms with Crippen LogP contribution >= 0.6 is 7.80 Å². The van der Waals surface area contributed by atoms with E-state index in [1.807, 2.05) is 6.66 Å². The standard InChI is InChI=1S/C8H18OP/c1-3-4-5-6-7-8-10(2)9/h3-8H2,1-2H3. The maximum absolute atomic E-state index is 10.6. The number of hydrogen-bond donors (Lipinski definition) is 0. The molecule has 0 aliphatic carbocycles. The third kappa shape index (κ3) is 8.10. The second kappa shape index (κ2) is 7.21. The predicted octanol–water partition coefficient (Wildman–Crippen LogP) is 3.41. The summed E-state index contributed by atoms with van der Waals surface area (Å²) >= 11 is 0. The first-order valence-electron chi connectivity index (χ1n) is 4.15. The molecule has 0 rings (SSSR count). The van der Waals surface area contributed by atoms with Crippen LogP contribution in [0.4, 0.5) is 0 Å². The van der Waals surface area contributed by atoms with E-state index in [4.69, 9.17) is 0 Å². The van der Waals surface area contributed by atoms with Gasteiger partial charge in [-0.15, -0.1) is 0 Å². The van der Waals surface area contributed by atoms with E-state index in [1.54, 1.807) is 0 Å². The molecule has 0 saturated heterocycles. The molecule has 0 aliphatic heterocycles. The lowest BCUT2D eigenvalue weighted by Gasteiger charge is -1.96. The largest absolute Gasteiger partial charge is 0.287 e. The van der Waals surface area contributed by atoms with Gasteiger partial charge in [-0.1, -0.05) is 32.6 Å². The molecule has 1 atom stereocenters. The Balaban J connectivity index is 2.84. The quantitative estimate of drug-likeness (QED) is 0.431. The average molecular weight is 161 g/mol. The lowest BCUT2D eigenvalue weighted by molar-refractivity contribution is 0.586. The Kier molecular flexibility index (Phi) is 7.28. The molecule has 0 amide bonds. The van der Waals surface area contributed by atoms with E-state index in [0.717, 1.165) is 12.6 Å². The van der Waals surface area contributed by atoms with Gasteiger partial charge in [-0.3, -0.25) is 4.57 Å². The molecule has 0 fully saturated rings. The van der Waals surface area contributed by atoms with Crippen molar-refractivity contribution in [3.05, 3.63) is 0 Å². The van der Waals surface area contributed by atoms with Crippen LogP contribution in [0.1, 0.15) is 39.0 Å². The Morgan fingerprint density at radius 1 is 1.10 bits per heavy atom. The third-order valence-electron chi connectivity index (χ3n) is 1.58. The zero-order valence-corrected chi connectivity index (χ0v) is 7.99. The number of hydrogen-bond acceptors (Lipinski definition) is 1. The summed E-state index contributed by atoms with van der Waals surface area (Å²) in [5, 5.41) is 0. The first kappa shape index (κ1) is 10.1. The van der Waals surface area contributed by atoms with E-state index in [1.165, 1.54) is 25.7 Å². The van der Waals surface area contributed by atoms with Crippen LogP contribution < -0.4 is 0 Å². The van der Waals surface area contributed by atoms with E-state index >= 15 is 0 Å². The van der Waals surface area contributed by atoms with Gasteiger partial charge in [-0.05, 0) is 6.42 Å². The predicted molar refractivity (Wildman–Crippen MR) is 47.2 cm³/mol. The Labute approximate surface area is 65.0 Å². The SMILES string of the molecule is CCCCCCC[P](C)=O. The van der Waals surface area contributed by atoms with Crippen molar-refractivity contribution in [2.45, 2.75) is 39.0 Å². The molecule has 61 valence electrons. The van der Waals surface area contributed by atoms with Crippen molar-refractivity contribution in [3.63, 3.8) is 0 Å². The van der Waals surface area contributed by atoms with Gasteiger partial charge in [0, 0.05) is 12.8 Å². The minimum absolute atomic E-state index is 0.871. The monoisotopic (exact) mass is 161 g/mol. The van der Waals surface area contributed by atoms with E-state index in [2.05, 4.69) is 6.92 Å². The molecule has 0 aromatic rings. The molecule has 0 aromatic carbocycles. The molecule has 0 saturated carbocycles. The highest BCUT2D eigenvalue weighted by molar-refractivity contribution is 7.43. The summed E-state index contributed by atoms with van der Waals surface area (Å²) in [4.78, 5) is 0. The first-order chi connectivity index (χ1) is 4.77. The highest BCUT2D eigenvalue weighted by Gasteiger charge is 1.91. The fourth-order valence-electron chi connectivity index (χ4n) is 0.938. The number of rotatable bonds is 6. The van der Waals surface area contributed by atoms with Crippen LogP contribution in [0.5, 0.6) is 0 Å². The van der Waals surface area contributed by atoms with Gasteiger partial charge < -0.3 is 0 Å². The molecule has 1 nitrogen and oxygen atoms in total. The van der Waals surface area contributed by atoms with Crippen LogP contribution in [0.25, 0.3) is 0 Å². The van der Waals surface area contributed by atoms with E-state index in [9.17, 15) is 4.57 Å². The lowest BCUT2D eigenvalue weighted by Crippen LogP contribution is -1.79. The average Bonchev–Trinajstić information content (AvgIpc) is 1.87. The van der Waals surface area contributed by atoms with E-state index < -0.39 is 7.80 Å². The third-order valence-corrected chi connectivity index (χ3v) is 2.52. The van der Waals surface area contributed by atoms with Crippen LogP contribution in [-0.4, -0.2) is 12.8 Å². The summed E-state index contributed by atoms with van der Waals surface area (Å²) in [7, 11) is -0.871. The molecule has 0 aliphatic rings. The Morgan fingerprint density at radius 2 is 1.70 bits per heavy atom. The number of unbranched alkanes of at least 4 members (excludes halogenated alkanes) is 4. The smallest absolute Gasteiger partial charge is 0.0686 e. The summed E-state index contributed by atoms with van der Waals surface area (Å²) < 4.78 is 10.6. The molecule has 1 radical (unpaired) electrons. The molecule has 2 heteroatoms. The zero-order chi connectivity index (χ0) is 7.82. The van der Waals surface area contributed by atoms with Crippen LogP contribution in [-0.2, 0) is 4.57 Å². The molecule has 0 aromatic heterocycles. The topological polar surface area (TPSA) is 17.1 Å². The maximum Gasteiger partial charge on any atom is 0.0686 e. The molecule has 0 heterocycles. The van der Waals surface area contributed by atoms with E-state index in [-0.39, 0.29) is 0 Å². The molecule has 10 heavy (non-hydrogen) atoms. The van der Waals surface area contributed by atoms with Gasteiger partial charge in [0.1, 0.15) is 0 Å². The van der Waals surface area contributed by atoms with Gasteiger partial charge >= 0.3 is 0 Å². The van der Waals surface area contributed by atoms with Crippen molar-refractivity contribution in [2.75, 3.05) is 12.8 Å². The normalized spacial score (nSPS) is 11.6. The van der Waals surface area contributed by atoms with Crippen molar-refractivity contribution in [2.24, 2.45) is 0 Å². The van der Waals surface area contributed by atoms with Gasteiger partial charge in [-0.25, -0.2) is 0 Å². The fraction of sp³-hybridized carbons (Fsp3) is 1.00. The first-order valence-corrected chi connectivity index (χ1v) is 6.05. The fourth-order valence-corrected chi connectivity index (χ4v) is 1.61.